The molecule has 110 valence electrons. The van der Waals surface area contributed by atoms with Crippen molar-refractivity contribution < 1.29 is 0 Å². The lowest BCUT2D eigenvalue weighted by molar-refractivity contribution is 0.290. The SMILES string of the molecule is CCC(CCCCC(C)(C)CCI)CC(C)(C)N. The van der Waals surface area contributed by atoms with Gasteiger partial charge in [0.15, 0.2) is 0 Å². The number of halogens is 1. The second kappa shape index (κ2) is 8.78. The normalized spacial score (nSPS) is 14.8. The summed E-state index contributed by atoms with van der Waals surface area (Å²) < 4.78 is 1.28. The van der Waals surface area contributed by atoms with E-state index in [9.17, 15) is 0 Å². The van der Waals surface area contributed by atoms with Crippen LogP contribution in [0.3, 0.4) is 0 Å². The Morgan fingerprint density at radius 1 is 1.06 bits per heavy atom. The molecule has 1 unspecified atom stereocenters. The summed E-state index contributed by atoms with van der Waals surface area (Å²) in [6, 6.07) is 0. The van der Waals surface area contributed by atoms with Gasteiger partial charge in [0.05, 0.1) is 0 Å². The van der Waals surface area contributed by atoms with Crippen LogP contribution in [0.1, 0.15) is 79.6 Å². The van der Waals surface area contributed by atoms with Gasteiger partial charge >= 0.3 is 0 Å². The third-order valence-electron chi connectivity index (χ3n) is 3.88. The molecule has 1 nitrogen and oxygen atoms in total. The van der Waals surface area contributed by atoms with Crippen LogP contribution >= 0.6 is 22.6 Å². The summed E-state index contributed by atoms with van der Waals surface area (Å²) in [5.41, 5.74) is 6.66. The van der Waals surface area contributed by atoms with Gasteiger partial charge in [-0.1, -0.05) is 69.0 Å². The molecule has 0 spiro atoms. The van der Waals surface area contributed by atoms with Crippen LogP contribution in [0.4, 0.5) is 0 Å². The second-order valence-corrected chi connectivity index (χ2v) is 8.39. The fourth-order valence-electron chi connectivity index (χ4n) is 2.61. The van der Waals surface area contributed by atoms with E-state index in [1.165, 1.54) is 49.4 Å². The number of rotatable bonds is 10. The van der Waals surface area contributed by atoms with E-state index >= 15 is 0 Å². The highest BCUT2D eigenvalue weighted by Crippen LogP contribution is 2.30. The van der Waals surface area contributed by atoms with E-state index in [4.69, 9.17) is 5.73 Å². The van der Waals surface area contributed by atoms with E-state index in [0.29, 0.717) is 5.41 Å². The first-order valence-corrected chi connectivity index (χ1v) is 9.07. The average Bonchev–Trinajstić information content (AvgIpc) is 2.20. The van der Waals surface area contributed by atoms with E-state index in [-0.39, 0.29) is 5.54 Å². The molecule has 0 heterocycles. The Morgan fingerprint density at radius 2 is 1.67 bits per heavy atom. The topological polar surface area (TPSA) is 26.0 Å². The Labute approximate surface area is 129 Å². The molecular weight excluding hydrogens is 333 g/mol. The lowest BCUT2D eigenvalue weighted by atomic mass is 9.82. The highest BCUT2D eigenvalue weighted by molar-refractivity contribution is 14.1. The smallest absolute Gasteiger partial charge is 0.00996 e. The van der Waals surface area contributed by atoms with Gasteiger partial charge in [0.2, 0.25) is 0 Å². The third kappa shape index (κ3) is 10.6. The van der Waals surface area contributed by atoms with E-state index in [0.717, 1.165) is 5.92 Å². The summed E-state index contributed by atoms with van der Waals surface area (Å²) in [4.78, 5) is 0. The second-order valence-electron chi connectivity index (χ2n) is 7.32. The van der Waals surface area contributed by atoms with Crippen LogP contribution in [-0.2, 0) is 0 Å². The molecular formula is C16H34IN. The molecule has 18 heavy (non-hydrogen) atoms. The maximum absolute atomic E-state index is 6.12. The standard InChI is InChI=1S/C16H34IN/c1-6-14(13-16(4,5)18)9-7-8-10-15(2,3)11-12-17/h14H,6-13,18H2,1-5H3. The van der Waals surface area contributed by atoms with E-state index in [1.54, 1.807) is 0 Å². The van der Waals surface area contributed by atoms with Gasteiger partial charge in [-0.05, 0) is 44.4 Å². The average molecular weight is 367 g/mol. The van der Waals surface area contributed by atoms with Crippen LogP contribution in [0, 0.1) is 11.3 Å². The number of hydrogen-bond acceptors (Lipinski definition) is 1. The molecule has 0 aliphatic carbocycles. The minimum absolute atomic E-state index is 0.00115. The summed E-state index contributed by atoms with van der Waals surface area (Å²) >= 11 is 2.49. The molecule has 0 rings (SSSR count). The van der Waals surface area contributed by atoms with Gasteiger partial charge in [-0.15, -0.1) is 0 Å². The summed E-state index contributed by atoms with van der Waals surface area (Å²) in [5.74, 6) is 0.817. The van der Waals surface area contributed by atoms with E-state index in [1.807, 2.05) is 0 Å². The highest BCUT2D eigenvalue weighted by Gasteiger charge is 2.19. The molecule has 0 aliphatic rings. The highest BCUT2D eigenvalue weighted by atomic mass is 127. The van der Waals surface area contributed by atoms with Crippen LogP contribution in [0.5, 0.6) is 0 Å². The quantitative estimate of drug-likeness (QED) is 0.306. The van der Waals surface area contributed by atoms with Crippen LogP contribution in [0.25, 0.3) is 0 Å². The molecule has 1 atom stereocenters. The zero-order valence-corrected chi connectivity index (χ0v) is 15.3. The summed E-state index contributed by atoms with van der Waals surface area (Å²) in [6.07, 6.45) is 9.28. The molecule has 0 fully saturated rings. The zero-order chi connectivity index (χ0) is 14.2. The molecule has 0 aromatic carbocycles. The molecule has 0 saturated heterocycles. The first-order chi connectivity index (χ1) is 8.20. The fourth-order valence-corrected chi connectivity index (χ4v) is 4.07. The van der Waals surface area contributed by atoms with Gasteiger partial charge in [-0.25, -0.2) is 0 Å². The minimum Gasteiger partial charge on any atom is -0.326 e. The zero-order valence-electron chi connectivity index (χ0n) is 13.2. The van der Waals surface area contributed by atoms with Gasteiger partial charge in [-0.3, -0.25) is 0 Å². The summed E-state index contributed by atoms with van der Waals surface area (Å²) in [7, 11) is 0. The van der Waals surface area contributed by atoms with Crippen molar-refractivity contribution in [1.82, 2.24) is 0 Å². The Kier molecular flexibility index (Phi) is 9.12. The first-order valence-electron chi connectivity index (χ1n) is 7.55. The van der Waals surface area contributed by atoms with Gasteiger partial charge in [0.25, 0.3) is 0 Å². The van der Waals surface area contributed by atoms with Crippen molar-refractivity contribution in [3.8, 4) is 0 Å². The van der Waals surface area contributed by atoms with Gasteiger partial charge in [0.1, 0.15) is 0 Å². The lowest BCUT2D eigenvalue weighted by Crippen LogP contribution is -2.34. The van der Waals surface area contributed by atoms with Gasteiger partial charge < -0.3 is 5.73 Å². The Hall–Kier alpha value is 0.690. The van der Waals surface area contributed by atoms with Crippen LogP contribution in [0.2, 0.25) is 0 Å². The van der Waals surface area contributed by atoms with Crippen molar-refractivity contribution in [3.63, 3.8) is 0 Å². The summed E-state index contributed by atoms with van der Waals surface area (Å²) in [6.45, 7) is 11.4. The maximum atomic E-state index is 6.12. The van der Waals surface area contributed by atoms with E-state index in [2.05, 4.69) is 57.2 Å². The molecule has 0 saturated carbocycles. The van der Waals surface area contributed by atoms with Crippen LogP contribution in [0.15, 0.2) is 0 Å². The number of unbranched alkanes of at least 4 members (excludes halogenated alkanes) is 1. The van der Waals surface area contributed by atoms with Gasteiger partial charge in [0, 0.05) is 9.97 Å². The molecule has 0 aromatic heterocycles. The lowest BCUT2D eigenvalue weighted by Gasteiger charge is -2.26. The van der Waals surface area contributed by atoms with Crippen molar-refractivity contribution in [2.75, 3.05) is 4.43 Å². The predicted molar refractivity (Wildman–Crippen MR) is 92.4 cm³/mol. The Bertz CT molecular complexity index is 206. The molecule has 0 aliphatic heterocycles. The minimum atomic E-state index is 0.00115. The first kappa shape index (κ1) is 18.7. The maximum Gasteiger partial charge on any atom is 0.00996 e. The number of nitrogens with two attached hydrogens (primary N) is 1. The molecule has 0 radical (unpaired) electrons. The molecule has 0 aromatic rings. The Morgan fingerprint density at radius 3 is 2.11 bits per heavy atom. The van der Waals surface area contributed by atoms with Crippen molar-refractivity contribution in [1.29, 1.82) is 0 Å². The summed E-state index contributed by atoms with van der Waals surface area (Å²) in [5, 5.41) is 0. The van der Waals surface area contributed by atoms with Crippen molar-refractivity contribution in [2.45, 2.75) is 85.1 Å². The Balaban J connectivity index is 3.81. The largest absolute Gasteiger partial charge is 0.326 e. The van der Waals surface area contributed by atoms with Crippen molar-refractivity contribution >= 4 is 22.6 Å². The van der Waals surface area contributed by atoms with Crippen LogP contribution < -0.4 is 5.73 Å². The number of hydrogen-bond donors (Lipinski definition) is 1. The molecule has 2 N–H and O–H groups in total. The molecule has 2 heteroatoms. The monoisotopic (exact) mass is 367 g/mol. The third-order valence-corrected chi connectivity index (χ3v) is 4.42. The van der Waals surface area contributed by atoms with Gasteiger partial charge in [-0.2, -0.15) is 0 Å². The van der Waals surface area contributed by atoms with E-state index < -0.39 is 0 Å². The van der Waals surface area contributed by atoms with Crippen molar-refractivity contribution in [2.24, 2.45) is 17.1 Å². The molecule has 0 bridgehead atoms. The number of alkyl halides is 1. The predicted octanol–water partition coefficient (Wildman–Crippen LogP) is 5.55. The van der Waals surface area contributed by atoms with Crippen LogP contribution in [-0.4, -0.2) is 9.97 Å². The fraction of sp³-hybridized carbons (Fsp3) is 1.00. The van der Waals surface area contributed by atoms with Crippen molar-refractivity contribution in [3.05, 3.63) is 0 Å². The molecule has 0 amide bonds.